The quantitative estimate of drug-likeness (QED) is 0.0873. The number of aromatic nitrogens is 5. The lowest BCUT2D eigenvalue weighted by molar-refractivity contribution is -0.384. The Morgan fingerprint density at radius 3 is 1.53 bits per heavy atom. The Balaban J connectivity index is 1.27. The molecule has 0 aliphatic carbocycles. The molecule has 6 aromatic rings. The number of hydrogen-bond donors (Lipinski definition) is 4. The molecule has 47 heavy (non-hydrogen) atoms. The van der Waals surface area contributed by atoms with Gasteiger partial charge in [-0.15, -0.1) is 0 Å². The lowest BCUT2D eigenvalue weighted by atomic mass is 10.1. The molecular weight excluding hydrogens is 600 g/mol. The standard InChI is InChI=1S/C33H28N10O4/c1-46-24-15-11-22(12-16-24)36-32-40-31(41-33(42-32)37-23-13-17-25(47-2)18-14-23)35-21-9-7-20(8-10-21)27-19-28(39-30(34)38-27)26-5-3-4-6-29(26)43(44)45/h3-19H,1-2H3,(H2,34,38,39)(H3,35,36,37,40,41,42). The number of benzene rings is 4. The molecule has 14 heteroatoms. The van der Waals surface area contributed by atoms with E-state index < -0.39 is 4.92 Å². The van der Waals surface area contributed by atoms with E-state index in [1.165, 1.54) is 6.07 Å². The Morgan fingerprint density at radius 1 is 0.617 bits per heavy atom. The molecular formula is C33H28N10O4. The van der Waals surface area contributed by atoms with E-state index in [-0.39, 0.29) is 17.6 Å². The number of nitrogens with zero attached hydrogens (tertiary/aromatic N) is 6. The van der Waals surface area contributed by atoms with Gasteiger partial charge in [0.25, 0.3) is 5.69 Å². The van der Waals surface area contributed by atoms with Crippen LogP contribution >= 0.6 is 0 Å². The minimum atomic E-state index is -0.454. The van der Waals surface area contributed by atoms with Crippen LogP contribution < -0.4 is 31.2 Å². The summed E-state index contributed by atoms with van der Waals surface area (Å²) in [6, 6.07) is 30.1. The summed E-state index contributed by atoms with van der Waals surface area (Å²) >= 11 is 0. The van der Waals surface area contributed by atoms with Gasteiger partial charge in [-0.1, -0.05) is 24.3 Å². The van der Waals surface area contributed by atoms with Crippen molar-refractivity contribution in [3.8, 4) is 34.0 Å². The normalized spacial score (nSPS) is 10.6. The maximum Gasteiger partial charge on any atom is 0.278 e. The lowest BCUT2D eigenvalue weighted by Gasteiger charge is -2.12. The van der Waals surface area contributed by atoms with E-state index in [0.717, 1.165) is 28.4 Å². The molecule has 0 saturated carbocycles. The molecule has 0 radical (unpaired) electrons. The van der Waals surface area contributed by atoms with Gasteiger partial charge in [0.2, 0.25) is 23.8 Å². The molecule has 14 nitrogen and oxygen atoms in total. The number of anilines is 7. The second kappa shape index (κ2) is 13.4. The molecule has 0 bridgehead atoms. The molecule has 0 unspecified atom stereocenters. The van der Waals surface area contributed by atoms with E-state index in [4.69, 9.17) is 15.2 Å². The summed E-state index contributed by atoms with van der Waals surface area (Å²) in [4.78, 5) is 33.4. The minimum absolute atomic E-state index is 0.00295. The zero-order valence-electron chi connectivity index (χ0n) is 25.2. The third kappa shape index (κ3) is 7.29. The van der Waals surface area contributed by atoms with Crippen molar-refractivity contribution in [3.05, 3.63) is 113 Å². The minimum Gasteiger partial charge on any atom is -0.497 e. The maximum absolute atomic E-state index is 11.6. The smallest absolute Gasteiger partial charge is 0.278 e. The first-order chi connectivity index (χ1) is 22.9. The Hall–Kier alpha value is -6.83. The number of nitrogens with two attached hydrogens (primary N) is 1. The summed E-state index contributed by atoms with van der Waals surface area (Å²) in [6.07, 6.45) is 0. The van der Waals surface area contributed by atoms with Gasteiger partial charge in [0.15, 0.2) is 0 Å². The summed E-state index contributed by atoms with van der Waals surface area (Å²) in [5, 5.41) is 21.2. The van der Waals surface area contributed by atoms with Gasteiger partial charge in [-0.3, -0.25) is 10.1 Å². The second-order valence-electron chi connectivity index (χ2n) is 9.99. The molecule has 0 fully saturated rings. The highest BCUT2D eigenvalue weighted by Gasteiger charge is 2.17. The summed E-state index contributed by atoms with van der Waals surface area (Å²) in [7, 11) is 3.21. The third-order valence-corrected chi connectivity index (χ3v) is 6.88. The van der Waals surface area contributed by atoms with Crippen molar-refractivity contribution in [3.63, 3.8) is 0 Å². The van der Waals surface area contributed by atoms with Crippen LogP contribution in [0.4, 0.5) is 46.5 Å². The van der Waals surface area contributed by atoms with Crippen molar-refractivity contribution in [2.45, 2.75) is 0 Å². The van der Waals surface area contributed by atoms with E-state index in [9.17, 15) is 10.1 Å². The van der Waals surface area contributed by atoms with E-state index in [0.29, 0.717) is 34.5 Å². The molecule has 0 spiro atoms. The van der Waals surface area contributed by atoms with Gasteiger partial charge in [-0.25, -0.2) is 9.97 Å². The van der Waals surface area contributed by atoms with Crippen LogP contribution in [0.15, 0.2) is 103 Å². The molecule has 0 atom stereocenters. The van der Waals surface area contributed by atoms with Gasteiger partial charge in [0.1, 0.15) is 11.5 Å². The number of nitrogens with one attached hydrogen (secondary N) is 3. The van der Waals surface area contributed by atoms with Crippen molar-refractivity contribution >= 4 is 46.5 Å². The van der Waals surface area contributed by atoms with Crippen LogP contribution in [0.5, 0.6) is 11.5 Å². The number of methoxy groups -OCH3 is 2. The Bertz CT molecular complexity index is 1960. The molecule has 0 aliphatic heterocycles. The maximum atomic E-state index is 11.6. The molecule has 5 N–H and O–H groups in total. The number of nitro benzene ring substituents is 1. The van der Waals surface area contributed by atoms with Crippen molar-refractivity contribution in [1.29, 1.82) is 0 Å². The van der Waals surface area contributed by atoms with Crippen molar-refractivity contribution < 1.29 is 14.4 Å². The molecule has 0 aliphatic rings. The first kappa shape index (κ1) is 30.2. The van der Waals surface area contributed by atoms with Gasteiger partial charge in [0.05, 0.1) is 36.1 Å². The fourth-order valence-electron chi connectivity index (χ4n) is 4.61. The lowest BCUT2D eigenvalue weighted by Crippen LogP contribution is -2.07. The zero-order chi connectivity index (χ0) is 32.8. The van der Waals surface area contributed by atoms with E-state index in [2.05, 4.69) is 40.9 Å². The summed E-state index contributed by atoms with van der Waals surface area (Å²) < 4.78 is 10.5. The molecule has 2 aromatic heterocycles. The predicted octanol–water partition coefficient (Wildman–Crippen LogP) is 6.73. The van der Waals surface area contributed by atoms with Crippen LogP contribution in [0.3, 0.4) is 0 Å². The predicted molar refractivity (Wildman–Crippen MR) is 180 cm³/mol. The van der Waals surface area contributed by atoms with Crippen LogP contribution in [0.2, 0.25) is 0 Å². The zero-order valence-corrected chi connectivity index (χ0v) is 25.2. The van der Waals surface area contributed by atoms with E-state index in [1.807, 2.05) is 72.8 Å². The number of rotatable bonds is 11. The van der Waals surface area contributed by atoms with Crippen LogP contribution in [0.25, 0.3) is 22.5 Å². The summed E-state index contributed by atoms with van der Waals surface area (Å²) in [5.41, 5.74) is 10.1. The summed E-state index contributed by atoms with van der Waals surface area (Å²) in [5.74, 6) is 2.34. The van der Waals surface area contributed by atoms with Gasteiger partial charge < -0.3 is 31.2 Å². The topological polar surface area (TPSA) is 188 Å². The highest BCUT2D eigenvalue weighted by molar-refractivity contribution is 5.76. The van der Waals surface area contributed by atoms with Gasteiger partial charge in [-0.05, 0) is 72.8 Å². The second-order valence-corrected chi connectivity index (χ2v) is 9.99. The fourth-order valence-corrected chi connectivity index (χ4v) is 4.61. The number of nitrogen functional groups attached to an aromatic ring is 1. The fraction of sp³-hybridized carbons (Fsp3) is 0.0606. The number of para-hydroxylation sites is 1. The van der Waals surface area contributed by atoms with Gasteiger partial charge >= 0.3 is 0 Å². The Kier molecular flexibility index (Phi) is 8.64. The first-order valence-electron chi connectivity index (χ1n) is 14.2. The van der Waals surface area contributed by atoms with E-state index >= 15 is 0 Å². The van der Waals surface area contributed by atoms with Crippen molar-refractivity contribution in [1.82, 2.24) is 24.9 Å². The van der Waals surface area contributed by atoms with E-state index in [1.54, 1.807) is 38.5 Å². The summed E-state index contributed by atoms with van der Waals surface area (Å²) in [6.45, 7) is 0. The van der Waals surface area contributed by atoms with Crippen LogP contribution in [-0.2, 0) is 0 Å². The van der Waals surface area contributed by atoms with Crippen LogP contribution in [-0.4, -0.2) is 44.1 Å². The number of nitro groups is 1. The molecule has 4 aromatic carbocycles. The first-order valence-corrected chi connectivity index (χ1v) is 14.2. The van der Waals surface area contributed by atoms with Crippen LogP contribution in [0, 0.1) is 10.1 Å². The molecule has 0 amide bonds. The largest absolute Gasteiger partial charge is 0.497 e. The highest BCUT2D eigenvalue weighted by atomic mass is 16.6. The Morgan fingerprint density at radius 2 is 1.06 bits per heavy atom. The molecule has 6 rings (SSSR count). The van der Waals surface area contributed by atoms with Gasteiger partial charge in [-0.2, -0.15) is 15.0 Å². The van der Waals surface area contributed by atoms with Gasteiger partial charge in [0, 0.05) is 28.7 Å². The van der Waals surface area contributed by atoms with Crippen molar-refractivity contribution in [2.24, 2.45) is 0 Å². The molecule has 0 saturated heterocycles. The van der Waals surface area contributed by atoms with Crippen LogP contribution in [0.1, 0.15) is 0 Å². The monoisotopic (exact) mass is 628 g/mol. The third-order valence-electron chi connectivity index (χ3n) is 6.88. The number of hydrogen-bond acceptors (Lipinski definition) is 13. The average molecular weight is 629 g/mol. The van der Waals surface area contributed by atoms with Crippen molar-refractivity contribution in [2.75, 3.05) is 35.9 Å². The number of ether oxygens (including phenoxy) is 2. The molecule has 234 valence electrons. The SMILES string of the molecule is COc1ccc(Nc2nc(Nc3ccc(OC)cc3)nc(Nc3ccc(-c4cc(-c5ccccc5[N+](=O)[O-])nc(N)n4)cc3)n2)cc1. The Labute approximate surface area is 268 Å². The molecule has 2 heterocycles. The highest BCUT2D eigenvalue weighted by Crippen LogP contribution is 2.32. The average Bonchev–Trinajstić information content (AvgIpc) is 3.09.